The Hall–Kier alpha value is -3.50. The molecule has 0 saturated carbocycles. The molecule has 0 spiro atoms. The molecule has 0 fully saturated rings. The third-order valence-electron chi connectivity index (χ3n) is 5.37. The van der Waals surface area contributed by atoms with Crippen molar-refractivity contribution in [3.8, 4) is 17.1 Å². The van der Waals surface area contributed by atoms with Crippen LogP contribution in [0.2, 0.25) is 0 Å². The third-order valence-corrected chi connectivity index (χ3v) is 6.77. The van der Waals surface area contributed by atoms with Gasteiger partial charge in [0.2, 0.25) is 10.0 Å². The Morgan fingerprint density at radius 3 is 2.59 bits per heavy atom. The van der Waals surface area contributed by atoms with E-state index in [9.17, 15) is 13.2 Å². The molecule has 4 aromatic rings. The second kappa shape index (κ2) is 9.78. The molecular formula is C24H27N5O4S. The average molecular weight is 482 g/mol. The minimum Gasteiger partial charge on any atom is -0.493 e. The summed E-state index contributed by atoms with van der Waals surface area (Å²) in [5.74, 6) is 0.652. The van der Waals surface area contributed by atoms with Gasteiger partial charge in [0.25, 0.3) is 5.56 Å². The highest BCUT2D eigenvalue weighted by Crippen LogP contribution is 2.31. The van der Waals surface area contributed by atoms with Gasteiger partial charge in [-0.05, 0) is 37.1 Å². The summed E-state index contributed by atoms with van der Waals surface area (Å²) < 4.78 is 35.9. The monoisotopic (exact) mass is 481 g/mol. The zero-order chi connectivity index (χ0) is 24.3. The lowest BCUT2D eigenvalue weighted by Crippen LogP contribution is -2.23. The van der Waals surface area contributed by atoms with Crippen LogP contribution >= 0.6 is 0 Å². The van der Waals surface area contributed by atoms with E-state index < -0.39 is 10.0 Å². The van der Waals surface area contributed by atoms with Crippen molar-refractivity contribution in [2.45, 2.75) is 38.1 Å². The van der Waals surface area contributed by atoms with Crippen LogP contribution in [0.1, 0.15) is 31.5 Å². The maximum Gasteiger partial charge on any atom is 0.277 e. The first kappa shape index (κ1) is 23.7. The van der Waals surface area contributed by atoms with E-state index in [0.717, 1.165) is 17.7 Å². The Morgan fingerprint density at radius 2 is 1.88 bits per heavy atom. The van der Waals surface area contributed by atoms with Crippen LogP contribution in [0.25, 0.3) is 22.4 Å². The highest BCUT2D eigenvalue weighted by atomic mass is 32.2. The van der Waals surface area contributed by atoms with Gasteiger partial charge in [-0.1, -0.05) is 43.7 Å². The minimum atomic E-state index is -3.83. The van der Waals surface area contributed by atoms with Gasteiger partial charge in [0.1, 0.15) is 17.1 Å². The van der Waals surface area contributed by atoms with E-state index in [1.54, 1.807) is 13.1 Å². The Kier molecular flexibility index (Phi) is 6.80. The molecule has 2 aromatic heterocycles. The number of aromatic amines is 1. The van der Waals surface area contributed by atoms with Crippen molar-refractivity contribution < 1.29 is 13.2 Å². The molecule has 0 unspecified atom stereocenters. The van der Waals surface area contributed by atoms with Gasteiger partial charge in [0.15, 0.2) is 5.52 Å². The molecule has 34 heavy (non-hydrogen) atoms. The summed E-state index contributed by atoms with van der Waals surface area (Å²) in [6, 6.07) is 13.8. The number of rotatable bonds is 9. The molecule has 2 aromatic carbocycles. The van der Waals surface area contributed by atoms with Gasteiger partial charge in [-0.3, -0.25) is 9.48 Å². The Balaban J connectivity index is 1.79. The number of benzene rings is 2. The van der Waals surface area contributed by atoms with E-state index in [-0.39, 0.29) is 22.8 Å². The summed E-state index contributed by atoms with van der Waals surface area (Å²) in [7, 11) is -2.12. The molecule has 0 amide bonds. The first-order valence-electron chi connectivity index (χ1n) is 11.1. The zero-order valence-corrected chi connectivity index (χ0v) is 20.1. The summed E-state index contributed by atoms with van der Waals surface area (Å²) in [5, 5.41) is 4.44. The van der Waals surface area contributed by atoms with Gasteiger partial charge in [0, 0.05) is 13.6 Å². The molecule has 0 aliphatic heterocycles. The molecule has 0 radical (unpaired) electrons. The number of nitrogens with zero attached hydrogens (tertiary/aromatic N) is 3. The molecular weight excluding hydrogens is 454 g/mol. The normalized spacial score (nSPS) is 11.7. The van der Waals surface area contributed by atoms with Gasteiger partial charge in [-0.2, -0.15) is 5.10 Å². The highest BCUT2D eigenvalue weighted by molar-refractivity contribution is 7.89. The van der Waals surface area contributed by atoms with E-state index in [1.165, 1.54) is 16.8 Å². The molecule has 0 aliphatic carbocycles. The molecule has 0 aliphatic rings. The van der Waals surface area contributed by atoms with Crippen LogP contribution in [0.5, 0.6) is 5.75 Å². The summed E-state index contributed by atoms with van der Waals surface area (Å²) in [5.41, 5.74) is 2.47. The predicted octanol–water partition coefficient (Wildman–Crippen LogP) is 3.15. The molecule has 0 bridgehead atoms. The van der Waals surface area contributed by atoms with E-state index >= 15 is 0 Å². The lowest BCUT2D eigenvalue weighted by Gasteiger charge is -2.13. The highest BCUT2D eigenvalue weighted by Gasteiger charge is 2.21. The summed E-state index contributed by atoms with van der Waals surface area (Å²) >= 11 is 0. The number of aromatic nitrogens is 4. The molecule has 2 heterocycles. The van der Waals surface area contributed by atoms with Gasteiger partial charge >= 0.3 is 0 Å². The van der Waals surface area contributed by atoms with Crippen LogP contribution in [0.4, 0.5) is 0 Å². The van der Waals surface area contributed by atoms with Crippen LogP contribution < -0.4 is 15.0 Å². The first-order valence-corrected chi connectivity index (χ1v) is 12.6. The number of H-pyrrole nitrogens is 1. The van der Waals surface area contributed by atoms with E-state index in [4.69, 9.17) is 4.74 Å². The van der Waals surface area contributed by atoms with Crippen molar-refractivity contribution in [3.63, 3.8) is 0 Å². The van der Waals surface area contributed by atoms with Gasteiger partial charge < -0.3 is 9.72 Å². The predicted molar refractivity (Wildman–Crippen MR) is 130 cm³/mol. The van der Waals surface area contributed by atoms with E-state index in [1.807, 2.05) is 44.2 Å². The SMILES string of the molecule is CCCc1nn(C)c2c(=O)[nH]c(-c3cc(S(=O)(=O)NCc4ccccc4)ccc3OCC)nc12. The molecule has 0 atom stereocenters. The minimum absolute atomic E-state index is 0.0459. The van der Waals surface area contributed by atoms with Crippen molar-refractivity contribution in [1.82, 2.24) is 24.5 Å². The van der Waals surface area contributed by atoms with Crippen LogP contribution in [0.3, 0.4) is 0 Å². The fourth-order valence-electron chi connectivity index (χ4n) is 3.78. The molecule has 10 heteroatoms. The van der Waals surface area contributed by atoms with Crippen LogP contribution in [-0.2, 0) is 30.0 Å². The number of hydrogen-bond acceptors (Lipinski definition) is 6. The molecule has 178 valence electrons. The van der Waals surface area contributed by atoms with Crippen molar-refractivity contribution in [2.24, 2.45) is 7.05 Å². The Labute approximate surface area is 197 Å². The largest absolute Gasteiger partial charge is 0.493 e. The van der Waals surface area contributed by atoms with Crippen molar-refractivity contribution in [3.05, 3.63) is 70.1 Å². The summed E-state index contributed by atoms with van der Waals surface area (Å²) in [6.45, 7) is 4.38. The number of hydrogen-bond donors (Lipinski definition) is 2. The van der Waals surface area contributed by atoms with Crippen LogP contribution in [0, 0.1) is 0 Å². The molecule has 4 rings (SSSR count). The van der Waals surface area contributed by atoms with Gasteiger partial charge in [-0.25, -0.2) is 18.1 Å². The lowest BCUT2D eigenvalue weighted by atomic mass is 10.1. The zero-order valence-electron chi connectivity index (χ0n) is 19.3. The molecule has 0 saturated heterocycles. The third kappa shape index (κ3) is 4.73. The Bertz CT molecular complexity index is 1480. The first-order chi connectivity index (χ1) is 16.3. The fraction of sp³-hybridized carbons (Fsp3) is 0.292. The lowest BCUT2D eigenvalue weighted by molar-refractivity contribution is 0.341. The summed E-state index contributed by atoms with van der Waals surface area (Å²) in [4.78, 5) is 20.4. The van der Waals surface area contributed by atoms with Gasteiger partial charge in [-0.15, -0.1) is 0 Å². The maximum absolute atomic E-state index is 13.0. The number of nitrogens with one attached hydrogen (secondary N) is 2. The topological polar surface area (TPSA) is 119 Å². The van der Waals surface area contributed by atoms with Gasteiger partial charge in [0.05, 0.1) is 22.8 Å². The van der Waals surface area contributed by atoms with E-state index in [0.29, 0.717) is 35.4 Å². The molecule has 2 N–H and O–H groups in total. The number of ether oxygens (including phenoxy) is 1. The fourth-order valence-corrected chi connectivity index (χ4v) is 4.82. The second-order valence-corrected chi connectivity index (χ2v) is 9.60. The number of sulfonamides is 1. The van der Waals surface area contributed by atoms with Crippen LogP contribution in [-0.4, -0.2) is 34.8 Å². The maximum atomic E-state index is 13.0. The second-order valence-electron chi connectivity index (χ2n) is 7.83. The van der Waals surface area contributed by atoms with Crippen molar-refractivity contribution in [1.29, 1.82) is 0 Å². The number of aryl methyl sites for hydroxylation is 2. The smallest absolute Gasteiger partial charge is 0.277 e. The molecule has 9 nitrogen and oxygen atoms in total. The quantitative estimate of drug-likeness (QED) is 0.379. The Morgan fingerprint density at radius 1 is 1.12 bits per heavy atom. The number of fused-ring (bicyclic) bond motifs is 1. The van der Waals surface area contributed by atoms with Crippen molar-refractivity contribution in [2.75, 3.05) is 6.61 Å². The standard InChI is InChI=1S/C24H27N5O4S/c1-4-9-19-21-22(29(3)28-19)24(30)27-23(26-21)18-14-17(12-13-20(18)33-5-2)34(31,32)25-15-16-10-7-6-8-11-16/h6-8,10-14,25H,4-5,9,15H2,1-3H3,(H,26,27,30). The average Bonchev–Trinajstić information content (AvgIpc) is 3.14. The summed E-state index contributed by atoms with van der Waals surface area (Å²) in [6.07, 6.45) is 1.52. The van der Waals surface area contributed by atoms with Crippen LogP contribution in [0.15, 0.2) is 58.2 Å². The van der Waals surface area contributed by atoms with Crippen molar-refractivity contribution >= 4 is 21.1 Å². The van der Waals surface area contributed by atoms with E-state index in [2.05, 4.69) is 19.8 Å².